The molecule has 3 aromatic rings. The summed E-state index contributed by atoms with van der Waals surface area (Å²) in [6.45, 7) is 4.78. The van der Waals surface area contributed by atoms with E-state index in [4.69, 9.17) is 9.47 Å². The molecule has 0 amide bonds. The molecule has 0 aromatic heterocycles. The lowest BCUT2D eigenvalue weighted by atomic mass is 10.1. The zero-order valence-electron chi connectivity index (χ0n) is 16.1. The van der Waals surface area contributed by atoms with E-state index >= 15 is 0 Å². The van der Waals surface area contributed by atoms with Gasteiger partial charge < -0.3 is 9.47 Å². The summed E-state index contributed by atoms with van der Waals surface area (Å²) in [6, 6.07) is 11.9. The highest BCUT2D eigenvalue weighted by atomic mass is 19.2. The lowest BCUT2D eigenvalue weighted by Gasteiger charge is -2.29. The van der Waals surface area contributed by atoms with Crippen LogP contribution in [-0.2, 0) is 9.47 Å². The van der Waals surface area contributed by atoms with Crippen LogP contribution in [-0.4, -0.2) is 13.2 Å². The Hall–Kier alpha value is -3.07. The first kappa shape index (κ1) is 20.2. The molecule has 1 heterocycles. The van der Waals surface area contributed by atoms with E-state index in [1.807, 2.05) is 6.08 Å². The van der Waals surface area contributed by atoms with E-state index < -0.39 is 23.7 Å². The van der Waals surface area contributed by atoms with Gasteiger partial charge in [-0.2, -0.15) is 0 Å². The van der Waals surface area contributed by atoms with Gasteiger partial charge in [0.05, 0.1) is 18.8 Å². The normalized spacial score (nSPS) is 18.6. The van der Waals surface area contributed by atoms with Crippen molar-refractivity contribution < 1.29 is 22.6 Å². The Morgan fingerprint density at radius 2 is 1.60 bits per heavy atom. The Kier molecular flexibility index (Phi) is 5.89. The van der Waals surface area contributed by atoms with E-state index in [-0.39, 0.29) is 11.5 Å². The maximum Gasteiger partial charge on any atom is 0.183 e. The minimum absolute atomic E-state index is 0.226. The molecule has 0 radical (unpaired) electrons. The van der Waals surface area contributed by atoms with Crippen LogP contribution >= 0.6 is 0 Å². The molecule has 0 aliphatic carbocycles. The van der Waals surface area contributed by atoms with Gasteiger partial charge >= 0.3 is 0 Å². The second-order valence-electron chi connectivity index (χ2n) is 7.21. The van der Waals surface area contributed by atoms with E-state index in [0.29, 0.717) is 35.1 Å². The van der Waals surface area contributed by atoms with Crippen LogP contribution in [0.4, 0.5) is 13.2 Å². The molecular formula is C25H19F3O2. The van der Waals surface area contributed by atoms with Gasteiger partial charge in [-0.3, -0.25) is 0 Å². The fraction of sp³-hybridized carbons (Fsp3) is 0.200. The number of ether oxygens (including phenoxy) is 2. The molecule has 4 rings (SSSR count). The molecule has 1 fully saturated rings. The van der Waals surface area contributed by atoms with Crippen LogP contribution < -0.4 is 0 Å². The van der Waals surface area contributed by atoms with Gasteiger partial charge in [-0.1, -0.05) is 30.0 Å². The van der Waals surface area contributed by atoms with Gasteiger partial charge in [0.2, 0.25) is 0 Å². The number of benzene rings is 3. The molecule has 0 atom stereocenters. The van der Waals surface area contributed by atoms with Gasteiger partial charge in [-0.15, -0.1) is 6.58 Å². The molecule has 0 bridgehead atoms. The summed E-state index contributed by atoms with van der Waals surface area (Å²) < 4.78 is 52.7. The molecule has 0 spiro atoms. The van der Waals surface area contributed by atoms with Crippen molar-refractivity contribution in [1.82, 2.24) is 0 Å². The Morgan fingerprint density at radius 1 is 0.867 bits per heavy atom. The topological polar surface area (TPSA) is 18.5 Å². The zero-order valence-corrected chi connectivity index (χ0v) is 16.1. The van der Waals surface area contributed by atoms with Crippen molar-refractivity contribution in [2.45, 2.75) is 12.7 Å². The predicted molar refractivity (Wildman–Crippen MR) is 109 cm³/mol. The second-order valence-corrected chi connectivity index (χ2v) is 7.21. The van der Waals surface area contributed by atoms with Gasteiger partial charge in [0.25, 0.3) is 0 Å². The van der Waals surface area contributed by atoms with Crippen molar-refractivity contribution >= 4 is 10.8 Å². The molecular weight excluding hydrogens is 389 g/mol. The van der Waals surface area contributed by atoms with Crippen molar-refractivity contribution in [3.05, 3.63) is 95.3 Å². The van der Waals surface area contributed by atoms with Crippen LogP contribution in [0, 0.1) is 35.2 Å². The van der Waals surface area contributed by atoms with Gasteiger partial charge in [-0.05, 0) is 53.6 Å². The lowest BCUT2D eigenvalue weighted by molar-refractivity contribution is -0.204. The molecule has 3 aromatic carbocycles. The number of hydrogen-bond donors (Lipinski definition) is 0. The predicted octanol–water partition coefficient (Wildman–Crippen LogP) is 5.89. The summed E-state index contributed by atoms with van der Waals surface area (Å²) in [7, 11) is 0. The molecule has 30 heavy (non-hydrogen) atoms. The van der Waals surface area contributed by atoms with Gasteiger partial charge in [-0.25, -0.2) is 13.2 Å². The summed E-state index contributed by atoms with van der Waals surface area (Å²) in [4.78, 5) is 0. The summed E-state index contributed by atoms with van der Waals surface area (Å²) >= 11 is 0. The third-order valence-electron chi connectivity index (χ3n) is 4.95. The molecule has 0 saturated carbocycles. The first-order valence-electron chi connectivity index (χ1n) is 9.58. The van der Waals surface area contributed by atoms with Crippen LogP contribution in [0.25, 0.3) is 10.8 Å². The number of rotatable bonds is 3. The summed E-state index contributed by atoms with van der Waals surface area (Å²) in [5, 5.41) is 1.09. The highest BCUT2D eigenvalue weighted by molar-refractivity contribution is 5.84. The van der Waals surface area contributed by atoms with E-state index in [2.05, 4.69) is 18.4 Å². The van der Waals surface area contributed by atoms with E-state index in [9.17, 15) is 13.2 Å². The lowest BCUT2D eigenvalue weighted by Crippen LogP contribution is -2.26. The molecule has 152 valence electrons. The third kappa shape index (κ3) is 4.40. The second kappa shape index (κ2) is 8.74. The molecule has 1 aliphatic heterocycles. The fourth-order valence-electron chi connectivity index (χ4n) is 3.35. The highest BCUT2D eigenvalue weighted by Gasteiger charge is 2.23. The summed E-state index contributed by atoms with van der Waals surface area (Å²) in [5.74, 6) is 3.63. The average molecular weight is 408 g/mol. The number of halogens is 3. The van der Waals surface area contributed by atoms with Crippen molar-refractivity contribution in [1.29, 1.82) is 0 Å². The van der Waals surface area contributed by atoms with Crippen molar-refractivity contribution in [2.75, 3.05) is 13.2 Å². The SMILES string of the molecule is C=CCC1COC(c2ccc(C#Cc3ccc4cc(F)c(F)cc4c3)c(F)c2)OC1. The van der Waals surface area contributed by atoms with Gasteiger partial charge in [0, 0.05) is 17.0 Å². The number of fused-ring (bicyclic) bond motifs is 1. The Morgan fingerprint density at radius 3 is 2.30 bits per heavy atom. The largest absolute Gasteiger partial charge is 0.348 e. The van der Waals surface area contributed by atoms with Crippen molar-refractivity contribution in [3.63, 3.8) is 0 Å². The summed E-state index contributed by atoms with van der Waals surface area (Å²) in [5.41, 5.74) is 1.40. The average Bonchev–Trinajstić information content (AvgIpc) is 2.74. The van der Waals surface area contributed by atoms with E-state index in [0.717, 1.165) is 18.6 Å². The molecule has 2 nitrogen and oxygen atoms in total. The van der Waals surface area contributed by atoms with E-state index in [1.54, 1.807) is 30.3 Å². The quantitative estimate of drug-likeness (QED) is 0.397. The molecule has 0 N–H and O–H groups in total. The maximum atomic E-state index is 14.5. The summed E-state index contributed by atoms with van der Waals surface area (Å²) in [6.07, 6.45) is 2.04. The first-order valence-corrected chi connectivity index (χ1v) is 9.58. The minimum atomic E-state index is -0.919. The maximum absolute atomic E-state index is 14.5. The third-order valence-corrected chi connectivity index (χ3v) is 4.95. The molecule has 5 heteroatoms. The smallest absolute Gasteiger partial charge is 0.183 e. The van der Waals surface area contributed by atoms with Crippen molar-refractivity contribution in [3.8, 4) is 11.8 Å². The molecule has 1 saturated heterocycles. The highest BCUT2D eigenvalue weighted by Crippen LogP contribution is 2.27. The van der Waals surface area contributed by atoms with Crippen LogP contribution in [0.3, 0.4) is 0 Å². The number of allylic oxidation sites excluding steroid dienone is 1. The zero-order chi connectivity index (χ0) is 21.1. The van der Waals surface area contributed by atoms with Gasteiger partial charge in [0.1, 0.15) is 5.82 Å². The fourth-order valence-corrected chi connectivity index (χ4v) is 3.35. The monoisotopic (exact) mass is 408 g/mol. The van der Waals surface area contributed by atoms with E-state index in [1.165, 1.54) is 6.07 Å². The van der Waals surface area contributed by atoms with Crippen LogP contribution in [0.1, 0.15) is 29.4 Å². The van der Waals surface area contributed by atoms with Gasteiger partial charge in [0.15, 0.2) is 17.9 Å². The standard InChI is InChI=1S/C25H19F3O2/c1-2-3-17-14-29-25(30-15-17)20-9-8-18(22(26)12-20)6-4-16-5-7-19-11-23(27)24(28)13-21(19)10-16/h2,5,7-13,17,25H,1,3,14-15H2. The number of hydrogen-bond acceptors (Lipinski definition) is 2. The Labute approximate surface area is 172 Å². The van der Waals surface area contributed by atoms with Crippen molar-refractivity contribution in [2.24, 2.45) is 5.92 Å². The Bertz CT molecular complexity index is 1150. The Balaban J connectivity index is 1.51. The van der Waals surface area contributed by atoms with Crippen LogP contribution in [0.5, 0.6) is 0 Å². The minimum Gasteiger partial charge on any atom is -0.348 e. The first-order chi connectivity index (χ1) is 14.5. The molecule has 1 aliphatic rings. The van der Waals surface area contributed by atoms with Crippen LogP contribution in [0.2, 0.25) is 0 Å². The van der Waals surface area contributed by atoms with Crippen LogP contribution in [0.15, 0.2) is 61.2 Å². The molecule has 0 unspecified atom stereocenters.